The molecule has 0 spiro atoms. The maximum absolute atomic E-state index is 6.77. The monoisotopic (exact) mass is 141 g/mol. The first-order chi connectivity index (χ1) is 4.34. The number of nitrogens with one attached hydrogen (secondary N) is 1. The second-order valence-corrected chi connectivity index (χ2v) is 1.73. The molecule has 0 radical (unpaired) electrons. The van der Waals surface area contributed by atoms with Gasteiger partial charge in [0.05, 0.1) is 0 Å². The average molecular weight is 142 g/mol. The van der Waals surface area contributed by atoms with Crippen molar-refractivity contribution in [3.8, 4) is 0 Å². The Morgan fingerprint density at radius 1 is 1.44 bits per heavy atom. The molecule has 1 aromatic heterocycles. The molecule has 1 aromatic rings. The van der Waals surface area contributed by atoms with Gasteiger partial charge in [-0.2, -0.15) is 0 Å². The smallest absolute Gasteiger partial charge is 0.156 e. The summed E-state index contributed by atoms with van der Waals surface area (Å²) in [6.07, 6.45) is 4.04. The van der Waals surface area contributed by atoms with Gasteiger partial charge in [-0.15, -0.1) is 0 Å². The first kappa shape index (κ1) is 6.16. The molecule has 0 aromatic carbocycles. The van der Waals surface area contributed by atoms with Crippen molar-refractivity contribution in [3.05, 3.63) is 23.2 Å². The Bertz CT molecular complexity index is 223. The van der Waals surface area contributed by atoms with Crippen LogP contribution in [0.3, 0.4) is 0 Å². The van der Waals surface area contributed by atoms with E-state index in [1.165, 1.54) is 12.4 Å². The van der Waals surface area contributed by atoms with Crippen molar-refractivity contribution in [2.24, 2.45) is 0 Å². The van der Waals surface area contributed by atoms with Gasteiger partial charge in [-0.1, -0.05) is 11.6 Å². The molecule has 3 nitrogen and oxygen atoms in total. The second-order valence-electron chi connectivity index (χ2n) is 1.38. The van der Waals surface area contributed by atoms with Crippen molar-refractivity contribution in [3.63, 3.8) is 0 Å². The molecule has 0 unspecified atom stereocenters. The van der Waals surface area contributed by atoms with Gasteiger partial charge in [0.15, 0.2) is 5.15 Å². The molecule has 0 aliphatic heterocycles. The van der Waals surface area contributed by atoms with E-state index in [4.69, 9.17) is 17.0 Å². The molecular weight excluding hydrogens is 138 g/mol. The highest BCUT2D eigenvalue weighted by atomic mass is 35.5. The lowest BCUT2D eigenvalue weighted by molar-refractivity contribution is 1.18. The molecule has 0 aliphatic carbocycles. The van der Waals surface area contributed by atoms with E-state index in [9.17, 15) is 0 Å². The minimum absolute atomic E-state index is 0.271. The summed E-state index contributed by atoms with van der Waals surface area (Å²) in [7, 11) is 0. The van der Waals surface area contributed by atoms with Crippen LogP contribution in [-0.2, 0) is 0 Å². The minimum Gasteiger partial charge on any atom is -0.306 e. The molecule has 0 fully saturated rings. The Hall–Kier alpha value is -0.960. The van der Waals surface area contributed by atoms with Gasteiger partial charge < -0.3 is 5.41 Å². The Balaban J connectivity index is 3.15. The highest BCUT2D eigenvalue weighted by Gasteiger charge is 1.94. The number of nitrogens with zero attached hydrogens (tertiary/aromatic N) is 2. The number of rotatable bonds is 1. The quantitative estimate of drug-likeness (QED) is 0.596. The SMILES string of the molecule is N=Cc1nccnc1Cl. The van der Waals surface area contributed by atoms with Crippen LogP contribution in [0.25, 0.3) is 0 Å². The summed E-state index contributed by atoms with van der Waals surface area (Å²) in [5.41, 5.74) is 0.402. The minimum atomic E-state index is 0.271. The first-order valence-corrected chi connectivity index (χ1v) is 2.69. The van der Waals surface area contributed by atoms with E-state index >= 15 is 0 Å². The number of halogens is 1. The van der Waals surface area contributed by atoms with E-state index in [1.807, 2.05) is 0 Å². The standard InChI is InChI=1S/C5H4ClN3/c6-5-4(3-7)8-1-2-9-5/h1-3,7H. The van der Waals surface area contributed by atoms with Crippen LogP contribution in [0.4, 0.5) is 0 Å². The number of aromatic nitrogens is 2. The van der Waals surface area contributed by atoms with Crippen LogP contribution >= 0.6 is 11.6 Å². The molecule has 4 heteroatoms. The van der Waals surface area contributed by atoms with Crippen LogP contribution in [0, 0.1) is 5.41 Å². The van der Waals surface area contributed by atoms with Gasteiger partial charge in [0.25, 0.3) is 0 Å². The van der Waals surface area contributed by atoms with Crippen molar-refractivity contribution in [2.75, 3.05) is 0 Å². The Morgan fingerprint density at radius 3 is 2.56 bits per heavy atom. The zero-order chi connectivity index (χ0) is 6.69. The molecular formula is C5H4ClN3. The molecule has 9 heavy (non-hydrogen) atoms. The summed E-state index contributed by atoms with van der Waals surface area (Å²) >= 11 is 5.50. The van der Waals surface area contributed by atoms with E-state index in [0.29, 0.717) is 5.69 Å². The van der Waals surface area contributed by atoms with Crippen molar-refractivity contribution >= 4 is 17.8 Å². The number of hydrogen-bond acceptors (Lipinski definition) is 3. The maximum Gasteiger partial charge on any atom is 0.156 e. The molecule has 0 saturated heterocycles. The second kappa shape index (κ2) is 2.55. The molecule has 1 heterocycles. The molecule has 0 bridgehead atoms. The van der Waals surface area contributed by atoms with Crippen molar-refractivity contribution in [1.29, 1.82) is 5.41 Å². The van der Waals surface area contributed by atoms with Crippen molar-refractivity contribution in [1.82, 2.24) is 9.97 Å². The van der Waals surface area contributed by atoms with Gasteiger partial charge in [0.2, 0.25) is 0 Å². The van der Waals surface area contributed by atoms with Gasteiger partial charge >= 0.3 is 0 Å². The van der Waals surface area contributed by atoms with E-state index in [0.717, 1.165) is 6.21 Å². The molecule has 1 N–H and O–H groups in total. The summed E-state index contributed by atoms with van der Waals surface area (Å²) in [5.74, 6) is 0. The van der Waals surface area contributed by atoms with Gasteiger partial charge in [0, 0.05) is 18.6 Å². The third kappa shape index (κ3) is 1.23. The predicted octanol–water partition coefficient (Wildman–Crippen LogP) is 1.13. The molecule has 46 valence electrons. The highest BCUT2D eigenvalue weighted by molar-refractivity contribution is 6.31. The Labute approximate surface area is 57.2 Å². The zero-order valence-corrected chi connectivity index (χ0v) is 5.26. The number of hydrogen-bond donors (Lipinski definition) is 1. The highest BCUT2D eigenvalue weighted by Crippen LogP contribution is 2.03. The van der Waals surface area contributed by atoms with E-state index < -0.39 is 0 Å². The van der Waals surface area contributed by atoms with Gasteiger partial charge in [-0.3, -0.25) is 4.98 Å². The lowest BCUT2D eigenvalue weighted by Gasteiger charge is -1.89. The van der Waals surface area contributed by atoms with Crippen LogP contribution in [0.2, 0.25) is 5.15 Å². The van der Waals surface area contributed by atoms with Crippen molar-refractivity contribution in [2.45, 2.75) is 0 Å². The Morgan fingerprint density at radius 2 is 2.11 bits per heavy atom. The molecule has 0 aliphatic rings. The fourth-order valence-corrected chi connectivity index (χ4v) is 0.588. The maximum atomic E-state index is 6.77. The predicted molar refractivity (Wildman–Crippen MR) is 34.9 cm³/mol. The Kier molecular flexibility index (Phi) is 1.75. The van der Waals surface area contributed by atoms with Crippen LogP contribution in [-0.4, -0.2) is 16.2 Å². The summed E-state index contributed by atoms with van der Waals surface area (Å²) in [4.78, 5) is 7.46. The van der Waals surface area contributed by atoms with E-state index in [2.05, 4.69) is 9.97 Å². The van der Waals surface area contributed by atoms with E-state index in [1.54, 1.807) is 0 Å². The molecule has 0 saturated carbocycles. The van der Waals surface area contributed by atoms with Crippen LogP contribution < -0.4 is 0 Å². The molecule has 1 rings (SSSR count). The molecule has 0 atom stereocenters. The fraction of sp³-hybridized carbons (Fsp3) is 0. The van der Waals surface area contributed by atoms with Crippen LogP contribution in [0.1, 0.15) is 5.69 Å². The van der Waals surface area contributed by atoms with Gasteiger partial charge in [0.1, 0.15) is 5.69 Å². The van der Waals surface area contributed by atoms with Crippen LogP contribution in [0.15, 0.2) is 12.4 Å². The largest absolute Gasteiger partial charge is 0.306 e. The van der Waals surface area contributed by atoms with Crippen LogP contribution in [0.5, 0.6) is 0 Å². The topological polar surface area (TPSA) is 49.6 Å². The third-order valence-electron chi connectivity index (χ3n) is 0.816. The third-order valence-corrected chi connectivity index (χ3v) is 1.11. The summed E-state index contributed by atoms with van der Waals surface area (Å²) in [6.45, 7) is 0. The first-order valence-electron chi connectivity index (χ1n) is 2.31. The lowest BCUT2D eigenvalue weighted by atomic mass is 10.5. The lowest BCUT2D eigenvalue weighted by Crippen LogP contribution is -1.88. The zero-order valence-electron chi connectivity index (χ0n) is 4.50. The summed E-state index contributed by atoms with van der Waals surface area (Å²) < 4.78 is 0. The summed E-state index contributed by atoms with van der Waals surface area (Å²) in [5, 5.41) is 7.04. The van der Waals surface area contributed by atoms with Crippen molar-refractivity contribution < 1.29 is 0 Å². The summed E-state index contributed by atoms with van der Waals surface area (Å²) in [6, 6.07) is 0. The average Bonchev–Trinajstić information content (AvgIpc) is 1.89. The van der Waals surface area contributed by atoms with Gasteiger partial charge in [-0.05, 0) is 0 Å². The fourth-order valence-electron chi connectivity index (χ4n) is 0.429. The molecule has 0 amide bonds. The van der Waals surface area contributed by atoms with Gasteiger partial charge in [-0.25, -0.2) is 4.98 Å². The van der Waals surface area contributed by atoms with E-state index in [-0.39, 0.29) is 5.15 Å². The normalized spacial score (nSPS) is 9.00.